The molecule has 1 aromatic rings. The van der Waals surface area contributed by atoms with Gasteiger partial charge in [0, 0.05) is 5.56 Å². The summed E-state index contributed by atoms with van der Waals surface area (Å²) in [5, 5.41) is 0. The Morgan fingerprint density at radius 2 is 2.12 bits per heavy atom. The number of hydrogen-bond donors (Lipinski definition) is 1. The van der Waals surface area contributed by atoms with Crippen molar-refractivity contribution in [3.05, 3.63) is 29.3 Å². The van der Waals surface area contributed by atoms with Gasteiger partial charge in [-0.15, -0.1) is 0 Å². The first-order valence-electron chi connectivity index (χ1n) is 6.18. The van der Waals surface area contributed by atoms with Crippen molar-refractivity contribution in [3.63, 3.8) is 0 Å². The van der Waals surface area contributed by atoms with Crippen molar-refractivity contribution in [1.29, 1.82) is 0 Å². The smallest absolute Gasteiger partial charge is 0.124 e. The van der Waals surface area contributed by atoms with Crippen molar-refractivity contribution in [2.45, 2.75) is 32.5 Å². The van der Waals surface area contributed by atoms with Crippen LogP contribution < -0.4 is 10.5 Å². The zero-order valence-electron chi connectivity index (χ0n) is 10.6. The Labute approximate surface area is 103 Å². The van der Waals surface area contributed by atoms with E-state index in [0.29, 0.717) is 18.6 Å². The third-order valence-electron chi connectivity index (χ3n) is 3.44. The van der Waals surface area contributed by atoms with Crippen LogP contribution in [0, 0.1) is 12.8 Å². The molecule has 0 bridgehead atoms. The van der Waals surface area contributed by atoms with Crippen molar-refractivity contribution in [2.75, 3.05) is 13.7 Å². The summed E-state index contributed by atoms with van der Waals surface area (Å²) in [5.41, 5.74) is 7.96. The Morgan fingerprint density at radius 1 is 1.35 bits per heavy atom. The third kappa shape index (κ3) is 2.99. The lowest BCUT2D eigenvalue weighted by atomic mass is 9.82. The SMILES string of the molecule is COc1ccc(C)cc1COC1CC(CN)C1. The van der Waals surface area contributed by atoms with Crippen LogP contribution in [-0.2, 0) is 11.3 Å². The van der Waals surface area contributed by atoms with E-state index in [1.807, 2.05) is 6.07 Å². The minimum atomic E-state index is 0.383. The molecule has 0 aliphatic heterocycles. The molecule has 94 valence electrons. The highest BCUT2D eigenvalue weighted by molar-refractivity contribution is 5.36. The van der Waals surface area contributed by atoms with Gasteiger partial charge in [-0.3, -0.25) is 0 Å². The van der Waals surface area contributed by atoms with Crippen LogP contribution >= 0.6 is 0 Å². The first kappa shape index (κ1) is 12.4. The minimum absolute atomic E-state index is 0.383. The maximum absolute atomic E-state index is 5.86. The summed E-state index contributed by atoms with van der Waals surface area (Å²) in [6, 6.07) is 6.17. The molecule has 3 nitrogen and oxygen atoms in total. The van der Waals surface area contributed by atoms with E-state index in [4.69, 9.17) is 15.2 Å². The van der Waals surface area contributed by atoms with Gasteiger partial charge in [-0.2, -0.15) is 0 Å². The van der Waals surface area contributed by atoms with Crippen molar-refractivity contribution in [2.24, 2.45) is 11.7 Å². The van der Waals surface area contributed by atoms with Gasteiger partial charge >= 0.3 is 0 Å². The molecule has 0 spiro atoms. The van der Waals surface area contributed by atoms with E-state index >= 15 is 0 Å². The average molecular weight is 235 g/mol. The molecule has 0 atom stereocenters. The van der Waals surface area contributed by atoms with Gasteiger partial charge in [-0.05, 0) is 38.3 Å². The number of methoxy groups -OCH3 is 1. The third-order valence-corrected chi connectivity index (χ3v) is 3.44. The summed E-state index contributed by atoms with van der Waals surface area (Å²) in [4.78, 5) is 0. The molecular weight excluding hydrogens is 214 g/mol. The Bertz CT molecular complexity index is 372. The summed E-state index contributed by atoms with van der Waals surface area (Å²) >= 11 is 0. The van der Waals surface area contributed by atoms with Crippen LogP contribution in [0.25, 0.3) is 0 Å². The highest BCUT2D eigenvalue weighted by Gasteiger charge is 2.28. The number of ether oxygens (including phenoxy) is 2. The number of hydrogen-bond acceptors (Lipinski definition) is 3. The Kier molecular flexibility index (Phi) is 4.02. The van der Waals surface area contributed by atoms with Gasteiger partial charge in [0.15, 0.2) is 0 Å². The molecule has 17 heavy (non-hydrogen) atoms. The van der Waals surface area contributed by atoms with Gasteiger partial charge in [0.25, 0.3) is 0 Å². The predicted molar refractivity (Wildman–Crippen MR) is 68.1 cm³/mol. The normalized spacial score (nSPS) is 23.2. The van der Waals surface area contributed by atoms with Crippen LogP contribution in [0.15, 0.2) is 18.2 Å². The molecular formula is C14H21NO2. The predicted octanol–water partition coefficient (Wildman–Crippen LogP) is 2.26. The molecule has 1 saturated carbocycles. The van der Waals surface area contributed by atoms with Crippen molar-refractivity contribution in [3.8, 4) is 5.75 Å². The first-order valence-corrected chi connectivity index (χ1v) is 6.18. The van der Waals surface area contributed by atoms with Gasteiger partial charge in [0.05, 0.1) is 19.8 Å². The molecule has 1 aliphatic carbocycles. The summed E-state index contributed by atoms with van der Waals surface area (Å²) in [5.74, 6) is 1.57. The highest BCUT2D eigenvalue weighted by Crippen LogP contribution is 2.30. The minimum Gasteiger partial charge on any atom is -0.496 e. The van der Waals surface area contributed by atoms with E-state index in [1.54, 1.807) is 7.11 Å². The molecule has 1 aliphatic rings. The Balaban J connectivity index is 1.88. The second-order valence-electron chi connectivity index (χ2n) is 4.82. The quantitative estimate of drug-likeness (QED) is 0.851. The molecule has 1 aromatic carbocycles. The topological polar surface area (TPSA) is 44.5 Å². The first-order chi connectivity index (χ1) is 8.22. The summed E-state index contributed by atoms with van der Waals surface area (Å²) in [6.45, 7) is 3.50. The lowest BCUT2D eigenvalue weighted by molar-refractivity contribution is -0.0381. The van der Waals surface area contributed by atoms with Gasteiger partial charge in [-0.1, -0.05) is 17.7 Å². The summed E-state index contributed by atoms with van der Waals surface area (Å²) in [7, 11) is 1.70. The molecule has 0 radical (unpaired) electrons. The van der Waals surface area contributed by atoms with Crippen LogP contribution in [0.4, 0.5) is 0 Å². The maximum atomic E-state index is 5.86. The van der Waals surface area contributed by atoms with E-state index in [9.17, 15) is 0 Å². The van der Waals surface area contributed by atoms with Gasteiger partial charge < -0.3 is 15.2 Å². The largest absolute Gasteiger partial charge is 0.496 e. The Hall–Kier alpha value is -1.06. The molecule has 0 unspecified atom stereocenters. The molecule has 0 aromatic heterocycles. The van der Waals surface area contributed by atoms with Crippen LogP contribution in [0.2, 0.25) is 0 Å². The molecule has 0 amide bonds. The van der Waals surface area contributed by atoms with Crippen LogP contribution in [0.1, 0.15) is 24.0 Å². The lowest BCUT2D eigenvalue weighted by Gasteiger charge is -2.34. The zero-order valence-corrected chi connectivity index (χ0v) is 10.6. The fraction of sp³-hybridized carbons (Fsp3) is 0.571. The molecule has 1 fully saturated rings. The van der Waals surface area contributed by atoms with Gasteiger partial charge in [-0.25, -0.2) is 0 Å². The second kappa shape index (κ2) is 5.52. The summed E-state index contributed by atoms with van der Waals surface area (Å²) in [6.07, 6.45) is 2.59. The lowest BCUT2D eigenvalue weighted by Crippen LogP contribution is -2.35. The summed E-state index contributed by atoms with van der Waals surface area (Å²) < 4.78 is 11.2. The van der Waals surface area contributed by atoms with Crippen molar-refractivity contribution < 1.29 is 9.47 Å². The number of rotatable bonds is 5. The van der Waals surface area contributed by atoms with Gasteiger partial charge in [0.1, 0.15) is 5.75 Å². The number of benzene rings is 1. The van der Waals surface area contributed by atoms with Crippen LogP contribution in [0.3, 0.4) is 0 Å². The van der Waals surface area contributed by atoms with E-state index in [-0.39, 0.29) is 0 Å². The molecule has 0 heterocycles. The van der Waals surface area contributed by atoms with Crippen LogP contribution in [0.5, 0.6) is 5.75 Å². The second-order valence-corrected chi connectivity index (χ2v) is 4.82. The average Bonchev–Trinajstić information content (AvgIpc) is 2.27. The molecule has 2 rings (SSSR count). The van der Waals surface area contributed by atoms with Crippen molar-refractivity contribution >= 4 is 0 Å². The van der Waals surface area contributed by atoms with E-state index in [1.165, 1.54) is 5.56 Å². The van der Waals surface area contributed by atoms with E-state index < -0.39 is 0 Å². The molecule has 3 heteroatoms. The van der Waals surface area contributed by atoms with Crippen molar-refractivity contribution in [1.82, 2.24) is 0 Å². The zero-order chi connectivity index (χ0) is 12.3. The molecule has 2 N–H and O–H groups in total. The fourth-order valence-electron chi connectivity index (χ4n) is 2.23. The van der Waals surface area contributed by atoms with Crippen LogP contribution in [-0.4, -0.2) is 19.8 Å². The highest BCUT2D eigenvalue weighted by atomic mass is 16.5. The van der Waals surface area contributed by atoms with Gasteiger partial charge in [0.2, 0.25) is 0 Å². The maximum Gasteiger partial charge on any atom is 0.124 e. The fourth-order valence-corrected chi connectivity index (χ4v) is 2.23. The van der Waals surface area contributed by atoms with E-state index in [2.05, 4.69) is 19.1 Å². The standard InChI is InChI=1S/C14H21NO2/c1-10-3-4-14(16-2)12(5-10)9-17-13-6-11(7-13)8-15/h3-5,11,13H,6-9,15H2,1-2H3. The number of aryl methyl sites for hydroxylation is 1. The van der Waals surface area contributed by atoms with E-state index in [0.717, 1.165) is 30.7 Å². The molecule has 0 saturated heterocycles. The Morgan fingerprint density at radius 3 is 2.76 bits per heavy atom. The number of nitrogens with two attached hydrogens (primary N) is 1. The monoisotopic (exact) mass is 235 g/mol.